The van der Waals surface area contributed by atoms with Gasteiger partial charge in [0.1, 0.15) is 52.0 Å². The van der Waals surface area contributed by atoms with Crippen LogP contribution in [0.2, 0.25) is 0 Å². The number of ketones is 9. The topological polar surface area (TPSA) is 264 Å². The molecule has 0 radical (unpaired) electrons. The van der Waals surface area contributed by atoms with Gasteiger partial charge in [-0.15, -0.1) is 0 Å². The fraction of sp³-hybridized carbons (Fsp3) is 0.795. The molecule has 2 aromatic heterocycles. The van der Waals surface area contributed by atoms with Gasteiger partial charge in [0.25, 0.3) is 0 Å². The van der Waals surface area contributed by atoms with Crippen molar-refractivity contribution in [1.82, 2.24) is 25.4 Å². The van der Waals surface area contributed by atoms with Crippen molar-refractivity contribution in [3.63, 3.8) is 0 Å². The largest absolute Gasteiger partial charge is 0.381 e. The quantitative estimate of drug-likeness (QED) is 0.0688. The van der Waals surface area contributed by atoms with Crippen LogP contribution in [0.3, 0.4) is 0 Å². The summed E-state index contributed by atoms with van der Waals surface area (Å²) in [4.78, 5) is 108. The minimum Gasteiger partial charge on any atom is -0.381 e. The molecule has 1 atom stereocenters. The monoisotopic (exact) mass is 1540 g/mol. The first-order valence-corrected chi connectivity index (χ1v) is 43.7. The zero-order valence-electron chi connectivity index (χ0n) is 71.0. The number of rotatable bonds is 30. The summed E-state index contributed by atoms with van der Waals surface area (Å²) in [6, 6.07) is 3.90. The minimum atomic E-state index is -1.78. The number of carbonyl (C=O) groups excluding carboxylic acids is 9. The number of aromatic amines is 1. The van der Waals surface area contributed by atoms with Gasteiger partial charge >= 0.3 is 0 Å². The van der Waals surface area contributed by atoms with Gasteiger partial charge in [-0.3, -0.25) is 62.3 Å². The summed E-state index contributed by atoms with van der Waals surface area (Å²) in [6.45, 7) is 47.1. The molecule has 20 heteroatoms. The predicted octanol–water partition coefficient (Wildman–Crippen LogP) is 15.8. The van der Waals surface area contributed by atoms with Crippen LogP contribution >= 0.6 is 0 Å². The van der Waals surface area contributed by atoms with E-state index in [0.717, 1.165) is 186 Å². The van der Waals surface area contributed by atoms with E-state index < -0.39 is 9.52 Å². The third kappa shape index (κ3) is 50.9. The number of Topliss-reactive ketones (excluding diaryl/α,β-unsaturated/α-hetero) is 9. The lowest BCUT2D eigenvalue weighted by atomic mass is 9.90. The van der Waals surface area contributed by atoms with E-state index in [1.54, 1.807) is 18.6 Å². The lowest BCUT2D eigenvalue weighted by Crippen LogP contribution is -2.37. The first-order valence-electron chi connectivity index (χ1n) is 41.7. The van der Waals surface area contributed by atoms with Crippen molar-refractivity contribution in [3.8, 4) is 0 Å². The molecule has 6 saturated heterocycles. The van der Waals surface area contributed by atoms with Gasteiger partial charge in [0, 0.05) is 187 Å². The van der Waals surface area contributed by atoms with Gasteiger partial charge in [-0.05, 0) is 140 Å². The van der Waals surface area contributed by atoms with E-state index in [1.165, 1.54) is 38.5 Å². The molecule has 7 fully saturated rings. The molecule has 6 aliphatic heterocycles. The number of morpholine rings is 1. The van der Waals surface area contributed by atoms with E-state index >= 15 is 0 Å². The molecule has 0 amide bonds. The third-order valence-electron chi connectivity index (χ3n) is 20.9. The molecule has 9 rings (SSSR count). The summed E-state index contributed by atoms with van der Waals surface area (Å²) in [7, 11) is -1.78. The molecule has 0 aromatic carbocycles. The Labute approximate surface area is 655 Å². The van der Waals surface area contributed by atoms with Crippen molar-refractivity contribution in [3.05, 3.63) is 48.0 Å². The van der Waals surface area contributed by atoms with Crippen LogP contribution in [0.5, 0.6) is 0 Å². The summed E-state index contributed by atoms with van der Waals surface area (Å²) in [6.07, 6.45) is 27.8. The van der Waals surface area contributed by atoms with E-state index in [2.05, 4.69) is 31.3 Å². The molecule has 2 N–H and O–H groups in total. The molecule has 1 aliphatic carbocycles. The van der Waals surface area contributed by atoms with Gasteiger partial charge in [-0.25, -0.2) is 0 Å². The number of ether oxygens (including phenoxy) is 4. The molecule has 7 aliphatic rings. The summed E-state index contributed by atoms with van der Waals surface area (Å²) >= 11 is 0. The van der Waals surface area contributed by atoms with Gasteiger partial charge in [0.05, 0.1) is 32.6 Å². The fourth-order valence-electron chi connectivity index (χ4n) is 12.2. The van der Waals surface area contributed by atoms with Crippen LogP contribution in [0, 0.1) is 88.8 Å². The van der Waals surface area contributed by atoms with Crippen LogP contribution in [0.15, 0.2) is 36.9 Å². The van der Waals surface area contributed by atoms with Crippen molar-refractivity contribution < 1.29 is 66.3 Å². The normalized spacial score (nSPS) is 19.7. The molecular formula is C88H153N5O14S. The number of nitrogens with zero attached hydrogens (tertiary/aromatic N) is 3. The number of piperidine rings is 1. The molecule has 19 nitrogen and oxygen atoms in total. The first-order chi connectivity index (χ1) is 51.0. The van der Waals surface area contributed by atoms with Crippen molar-refractivity contribution in [2.45, 2.75) is 266 Å². The second-order valence-corrected chi connectivity index (χ2v) is 36.6. The Morgan fingerprint density at radius 3 is 1.23 bits per heavy atom. The molecule has 0 bridgehead atoms. The maximum absolute atomic E-state index is 11.6. The number of H-pyrrole nitrogens is 1. The molecule has 108 heavy (non-hydrogen) atoms. The maximum atomic E-state index is 11.6. The Bertz CT molecular complexity index is 2790. The average molecular weight is 1540 g/mol. The summed E-state index contributed by atoms with van der Waals surface area (Å²) < 4.78 is 32.2. The Balaban J connectivity index is 0.000000609. The molecule has 1 saturated carbocycles. The van der Waals surface area contributed by atoms with Crippen LogP contribution in [-0.2, 0) is 84.5 Å². The smallest absolute Gasteiger partial charge is 0.139 e. The first kappa shape index (κ1) is 101. The molecule has 2 aromatic rings. The van der Waals surface area contributed by atoms with Crippen LogP contribution in [0.25, 0.3) is 0 Å². The average Bonchev–Trinajstić information content (AvgIpc) is 1.23. The lowest BCUT2D eigenvalue weighted by molar-refractivity contribution is -0.127. The Kier molecular flexibility index (Phi) is 55.2. The maximum Gasteiger partial charge on any atom is 0.139 e. The van der Waals surface area contributed by atoms with Crippen molar-refractivity contribution in [2.75, 3.05) is 97.1 Å². The Morgan fingerprint density at radius 2 is 0.833 bits per heavy atom. The van der Waals surface area contributed by atoms with Gasteiger partial charge in [-0.2, -0.15) is 5.10 Å². The van der Waals surface area contributed by atoms with Gasteiger partial charge in [0.2, 0.25) is 0 Å². The highest BCUT2D eigenvalue weighted by Crippen LogP contribution is 2.29. The molecule has 0 spiro atoms. The summed E-state index contributed by atoms with van der Waals surface area (Å²) in [5, 5.41) is 9.74. The molecule has 8 heterocycles. The van der Waals surface area contributed by atoms with Crippen LogP contribution < -0.4 is 5.32 Å². The third-order valence-corrected chi connectivity index (χ3v) is 22.8. The number of aryl methyl sites for hydroxylation is 1. The summed E-state index contributed by atoms with van der Waals surface area (Å²) in [5.41, 5.74) is 2.10. The van der Waals surface area contributed by atoms with E-state index in [9.17, 15) is 47.4 Å². The van der Waals surface area contributed by atoms with Gasteiger partial charge in [-0.1, -0.05) is 156 Å². The second-order valence-electron chi connectivity index (χ2n) is 33.9. The van der Waals surface area contributed by atoms with Crippen LogP contribution in [0.1, 0.15) is 264 Å². The highest BCUT2D eigenvalue weighted by molar-refractivity contribution is 8.00. The number of nitrogens with one attached hydrogen (secondary N) is 2. The SMILES string of the molecule is C=S1(=O)CCC(CC(=O)C(C)C)CC1.CC(C)C(=O)CC1CCCC1.CC(C)C(=O)CC1CCNCC1.CC(C)C(=O)CC1CCOC1.CC(C)C(=O)CC1CCOCC1.CC(C)C(=O)CC1COC1.CC(C)C(=O)CCCN1CCOCC1.CC(C)C(=O)CCc1cccnc1.CC(C)C(=O)Cc1cn[nH]c1. The zero-order valence-corrected chi connectivity index (χ0v) is 71.8. The standard InChI is InChI=1S/C11H21NO2.C11H15NO.C11H20O2S.C10H19NO.C10H18O2.C10H18O.C9H16O2.C8H12N2O.C8H14O2/c1-10(2)11(13)4-3-5-12-6-8-14-9-7-12;1-9(2)11(13)6-5-10-4-3-7-12-8-10;1-9(2)11(12)8-10-4-6-14(3,13)7-5-10;1-8(2)10(12)7-9-3-5-11-6-4-9;1-8(2)10(11)7-9-3-5-12-6-4-9;1-8(2)10(11)7-9-5-3-4-6-9;1-7(2)9(10)5-8-3-4-11-6-8;1-6(2)8(11)3-7-4-9-10-5-7;1-6(2)8(9)3-7-4-10-5-7/h10H,3-9H2,1-2H3;3-4,7-9H,5-6H2,1-2H3;9-10H,3-8H2,1-2H3;8-9,11H,3-7H2,1-2H3;8-9H,3-7H2,1-2H3;8-9H,3-7H2,1-2H3;7-8H,3-6H2,1-2H3;4-6H,3H2,1-2H3,(H,9,10);6-7H,3-5H2,1-2H3. The molecular weight excluding hydrogens is 1380 g/mol. The van der Waals surface area contributed by atoms with E-state index in [-0.39, 0.29) is 59.0 Å². The predicted molar refractivity (Wildman–Crippen MR) is 440 cm³/mol. The Morgan fingerprint density at radius 1 is 0.444 bits per heavy atom. The zero-order chi connectivity index (χ0) is 81.2. The minimum absolute atomic E-state index is 0.116. The molecule has 1 unspecified atom stereocenters. The van der Waals surface area contributed by atoms with E-state index in [1.807, 2.05) is 143 Å². The summed E-state index contributed by atoms with van der Waals surface area (Å²) in [5.74, 6) is 13.6. The highest BCUT2D eigenvalue weighted by atomic mass is 32.2. The number of aromatic nitrogens is 3. The van der Waals surface area contributed by atoms with Crippen LogP contribution in [0.4, 0.5) is 0 Å². The number of hydrogen-bond acceptors (Lipinski definition) is 18. The number of carbonyl (C=O) groups is 9. The van der Waals surface area contributed by atoms with Gasteiger partial charge < -0.3 is 24.3 Å². The van der Waals surface area contributed by atoms with E-state index in [0.29, 0.717) is 107 Å². The lowest BCUT2D eigenvalue weighted by Gasteiger charge is -2.26. The van der Waals surface area contributed by atoms with Crippen molar-refractivity contribution >= 4 is 67.4 Å². The molecule has 620 valence electrons. The highest BCUT2D eigenvalue weighted by Gasteiger charge is 2.26. The number of hydrogen-bond donors (Lipinski definition) is 2. The van der Waals surface area contributed by atoms with Crippen molar-refractivity contribution in [1.29, 1.82) is 0 Å². The Hall–Kier alpha value is -4.83. The van der Waals surface area contributed by atoms with E-state index in [4.69, 9.17) is 18.9 Å². The number of pyridine rings is 1. The van der Waals surface area contributed by atoms with Crippen LogP contribution in [-0.4, -0.2) is 179 Å². The van der Waals surface area contributed by atoms with Crippen molar-refractivity contribution in [2.24, 2.45) is 88.8 Å². The van der Waals surface area contributed by atoms with Gasteiger partial charge in [0.15, 0.2) is 0 Å². The second kappa shape index (κ2) is 59.0. The fourth-order valence-corrected chi connectivity index (χ4v) is 13.9.